The average molecular weight is 361 g/mol. The number of aromatic nitrogens is 1. The highest BCUT2D eigenvalue weighted by atomic mass is 32.2. The van der Waals surface area contributed by atoms with Crippen molar-refractivity contribution in [3.8, 4) is 0 Å². The summed E-state index contributed by atoms with van der Waals surface area (Å²) in [4.78, 5) is 16.7. The molecule has 0 aliphatic carbocycles. The van der Waals surface area contributed by atoms with E-state index in [1.54, 1.807) is 6.92 Å². The number of rotatable bonds is 5. The SMILES string of the molecule is CCS(=O)(=O)c1ccc(C(=O)OCc2nc3ccccc3s2)cc1. The lowest BCUT2D eigenvalue weighted by molar-refractivity contribution is 0.0472. The molecule has 0 radical (unpaired) electrons. The first-order valence-corrected chi connectivity index (χ1v) is 9.81. The molecule has 0 unspecified atom stereocenters. The molecule has 0 aliphatic rings. The van der Waals surface area contributed by atoms with E-state index < -0.39 is 15.8 Å². The number of carbonyl (C=O) groups excluding carboxylic acids is 1. The summed E-state index contributed by atoms with van der Waals surface area (Å²) in [5.41, 5.74) is 1.19. The topological polar surface area (TPSA) is 73.3 Å². The fourth-order valence-electron chi connectivity index (χ4n) is 2.16. The molecule has 0 spiro atoms. The van der Waals surface area contributed by atoms with E-state index in [2.05, 4.69) is 4.98 Å². The summed E-state index contributed by atoms with van der Waals surface area (Å²) >= 11 is 1.48. The van der Waals surface area contributed by atoms with E-state index in [4.69, 9.17) is 4.74 Å². The molecule has 0 N–H and O–H groups in total. The molecule has 1 heterocycles. The van der Waals surface area contributed by atoms with Gasteiger partial charge in [-0.05, 0) is 36.4 Å². The van der Waals surface area contributed by atoms with Gasteiger partial charge in [-0.3, -0.25) is 0 Å². The Labute approximate surface area is 143 Å². The summed E-state index contributed by atoms with van der Waals surface area (Å²) < 4.78 is 29.8. The molecular weight excluding hydrogens is 346 g/mol. The van der Waals surface area contributed by atoms with Gasteiger partial charge in [-0.25, -0.2) is 18.2 Å². The maximum atomic E-state index is 12.1. The molecule has 0 saturated heterocycles. The number of thiazole rings is 1. The number of carbonyl (C=O) groups is 1. The highest BCUT2D eigenvalue weighted by Gasteiger charge is 2.14. The van der Waals surface area contributed by atoms with Gasteiger partial charge in [0, 0.05) is 0 Å². The van der Waals surface area contributed by atoms with Crippen LogP contribution in [0.2, 0.25) is 0 Å². The van der Waals surface area contributed by atoms with Crippen LogP contribution in [0.25, 0.3) is 10.2 Å². The number of hydrogen-bond donors (Lipinski definition) is 0. The van der Waals surface area contributed by atoms with Crippen molar-refractivity contribution in [2.75, 3.05) is 5.75 Å². The highest BCUT2D eigenvalue weighted by Crippen LogP contribution is 2.22. The molecule has 2 aromatic carbocycles. The van der Waals surface area contributed by atoms with E-state index >= 15 is 0 Å². The number of sulfone groups is 1. The highest BCUT2D eigenvalue weighted by molar-refractivity contribution is 7.91. The Hall–Kier alpha value is -2.25. The molecule has 0 saturated carbocycles. The monoisotopic (exact) mass is 361 g/mol. The predicted octanol–water partition coefficient (Wildman–Crippen LogP) is 3.45. The summed E-state index contributed by atoms with van der Waals surface area (Å²) in [7, 11) is -3.27. The number of esters is 1. The van der Waals surface area contributed by atoms with Crippen molar-refractivity contribution in [1.29, 1.82) is 0 Å². The molecule has 3 aromatic rings. The molecule has 124 valence electrons. The number of nitrogens with zero attached hydrogens (tertiary/aromatic N) is 1. The fourth-order valence-corrected chi connectivity index (χ4v) is 3.92. The largest absolute Gasteiger partial charge is 0.455 e. The van der Waals surface area contributed by atoms with Crippen molar-refractivity contribution in [3.05, 3.63) is 59.1 Å². The van der Waals surface area contributed by atoms with Crippen LogP contribution in [0.4, 0.5) is 0 Å². The Kier molecular flexibility index (Phi) is 4.64. The first-order chi connectivity index (χ1) is 11.5. The van der Waals surface area contributed by atoms with Crippen LogP contribution in [0.1, 0.15) is 22.3 Å². The van der Waals surface area contributed by atoms with Gasteiger partial charge in [-0.15, -0.1) is 11.3 Å². The fraction of sp³-hybridized carbons (Fsp3) is 0.176. The van der Waals surface area contributed by atoms with Crippen LogP contribution in [0, 0.1) is 0 Å². The maximum absolute atomic E-state index is 12.1. The number of para-hydroxylation sites is 1. The van der Waals surface area contributed by atoms with Crippen molar-refractivity contribution < 1.29 is 17.9 Å². The summed E-state index contributed by atoms with van der Waals surface area (Å²) in [6.45, 7) is 1.67. The quantitative estimate of drug-likeness (QED) is 0.651. The average Bonchev–Trinajstić information content (AvgIpc) is 3.02. The lowest BCUT2D eigenvalue weighted by Gasteiger charge is -2.04. The second-order valence-electron chi connectivity index (χ2n) is 5.08. The van der Waals surface area contributed by atoms with E-state index in [1.807, 2.05) is 24.3 Å². The molecule has 5 nitrogen and oxygen atoms in total. The zero-order chi connectivity index (χ0) is 17.2. The Balaban J connectivity index is 1.68. The third-order valence-electron chi connectivity index (χ3n) is 3.49. The molecule has 0 atom stereocenters. The van der Waals surface area contributed by atoms with Crippen LogP contribution in [-0.4, -0.2) is 25.1 Å². The summed E-state index contributed by atoms with van der Waals surface area (Å²) in [6.07, 6.45) is 0. The van der Waals surface area contributed by atoms with Crippen LogP contribution in [-0.2, 0) is 21.2 Å². The standard InChI is InChI=1S/C17H15NO4S2/c1-2-24(20,21)13-9-7-12(8-10-13)17(19)22-11-16-18-14-5-3-4-6-15(14)23-16/h3-10H,2,11H2,1H3. The zero-order valence-electron chi connectivity index (χ0n) is 12.9. The molecule has 0 bridgehead atoms. The summed E-state index contributed by atoms with van der Waals surface area (Å²) in [6, 6.07) is 13.5. The summed E-state index contributed by atoms with van der Waals surface area (Å²) in [5.74, 6) is -0.483. The van der Waals surface area contributed by atoms with Crippen molar-refractivity contribution in [3.63, 3.8) is 0 Å². The van der Waals surface area contributed by atoms with Crippen molar-refractivity contribution in [2.24, 2.45) is 0 Å². The Morgan fingerprint density at radius 2 is 1.83 bits per heavy atom. The minimum Gasteiger partial charge on any atom is -0.455 e. The smallest absolute Gasteiger partial charge is 0.338 e. The first-order valence-electron chi connectivity index (χ1n) is 7.34. The first kappa shape index (κ1) is 16.6. The molecule has 0 amide bonds. The van der Waals surface area contributed by atoms with E-state index in [0.29, 0.717) is 5.56 Å². The van der Waals surface area contributed by atoms with Gasteiger partial charge >= 0.3 is 5.97 Å². The zero-order valence-corrected chi connectivity index (χ0v) is 14.6. The molecule has 1 aromatic heterocycles. The minimum atomic E-state index is -3.27. The lowest BCUT2D eigenvalue weighted by Crippen LogP contribution is -2.07. The van der Waals surface area contributed by atoms with Gasteiger partial charge in [0.05, 0.1) is 26.4 Å². The predicted molar refractivity (Wildman–Crippen MR) is 92.9 cm³/mol. The van der Waals surface area contributed by atoms with E-state index in [0.717, 1.165) is 15.2 Å². The van der Waals surface area contributed by atoms with E-state index in [1.165, 1.54) is 35.6 Å². The Morgan fingerprint density at radius 3 is 2.50 bits per heavy atom. The van der Waals surface area contributed by atoms with Gasteiger partial charge in [-0.2, -0.15) is 0 Å². The Morgan fingerprint density at radius 1 is 1.12 bits per heavy atom. The van der Waals surface area contributed by atoms with Crippen LogP contribution < -0.4 is 0 Å². The third-order valence-corrected chi connectivity index (χ3v) is 6.25. The van der Waals surface area contributed by atoms with E-state index in [-0.39, 0.29) is 17.3 Å². The van der Waals surface area contributed by atoms with Gasteiger partial charge < -0.3 is 4.74 Å². The molecule has 0 fully saturated rings. The molecule has 24 heavy (non-hydrogen) atoms. The lowest BCUT2D eigenvalue weighted by atomic mass is 10.2. The number of hydrogen-bond acceptors (Lipinski definition) is 6. The van der Waals surface area contributed by atoms with Crippen molar-refractivity contribution in [2.45, 2.75) is 18.4 Å². The second-order valence-corrected chi connectivity index (χ2v) is 8.47. The molecule has 3 rings (SSSR count). The number of fused-ring (bicyclic) bond motifs is 1. The minimum absolute atomic E-state index is 0.0222. The third kappa shape index (κ3) is 3.47. The van der Waals surface area contributed by atoms with Gasteiger partial charge in [0.2, 0.25) is 0 Å². The van der Waals surface area contributed by atoms with Crippen molar-refractivity contribution >= 4 is 37.4 Å². The van der Waals surface area contributed by atoms with Gasteiger partial charge in [0.25, 0.3) is 0 Å². The maximum Gasteiger partial charge on any atom is 0.338 e. The second kappa shape index (κ2) is 6.70. The van der Waals surface area contributed by atoms with Gasteiger partial charge in [0.1, 0.15) is 11.6 Å². The normalized spacial score (nSPS) is 11.5. The number of benzene rings is 2. The summed E-state index contributed by atoms with van der Waals surface area (Å²) in [5, 5.41) is 0.717. The van der Waals surface area contributed by atoms with Gasteiger partial charge in [0.15, 0.2) is 9.84 Å². The Bertz CT molecular complexity index is 942. The number of ether oxygens (including phenoxy) is 1. The molecule has 7 heteroatoms. The van der Waals surface area contributed by atoms with Crippen LogP contribution in [0.3, 0.4) is 0 Å². The van der Waals surface area contributed by atoms with Crippen LogP contribution in [0.15, 0.2) is 53.4 Å². The van der Waals surface area contributed by atoms with Gasteiger partial charge in [-0.1, -0.05) is 19.1 Å². The van der Waals surface area contributed by atoms with E-state index in [9.17, 15) is 13.2 Å². The molecular formula is C17H15NO4S2. The van der Waals surface area contributed by atoms with Crippen molar-refractivity contribution in [1.82, 2.24) is 4.98 Å². The molecule has 0 aliphatic heterocycles. The van der Waals surface area contributed by atoms with Crippen LogP contribution >= 0.6 is 11.3 Å². The van der Waals surface area contributed by atoms with Crippen LogP contribution in [0.5, 0.6) is 0 Å².